The molecule has 2 N–H and O–H groups in total. The summed E-state index contributed by atoms with van der Waals surface area (Å²) in [6.07, 6.45) is 4.69. The van der Waals surface area contributed by atoms with E-state index < -0.39 is 5.97 Å². The van der Waals surface area contributed by atoms with Gasteiger partial charge in [0.2, 0.25) is 0 Å². The van der Waals surface area contributed by atoms with Crippen molar-refractivity contribution in [2.45, 2.75) is 32.7 Å². The minimum absolute atomic E-state index is 0.0661. The first-order valence-electron chi connectivity index (χ1n) is 8.17. The highest BCUT2D eigenvalue weighted by molar-refractivity contribution is 5.84. The maximum atomic E-state index is 10.8. The molecule has 7 nitrogen and oxygen atoms in total. The minimum Gasteiger partial charge on any atom is -0.493 e. The fraction of sp³-hybridized carbons (Fsp3) is 0.389. The zero-order chi connectivity index (χ0) is 18.2. The van der Waals surface area contributed by atoms with Crippen molar-refractivity contribution in [2.75, 3.05) is 19.0 Å². The van der Waals surface area contributed by atoms with Crippen molar-refractivity contribution < 1.29 is 19.4 Å². The van der Waals surface area contributed by atoms with Gasteiger partial charge in [-0.1, -0.05) is 19.4 Å². The standard InChI is InChI=1S/C18H23N3O4/c1-4-5-8-25-15-7-6-13(9-16(15)24-3)12(2)21-17-11-19-14(10-20-17)18(22)23/h6-7,9-12H,4-5,8H2,1-3H3,(H,20,21)(H,22,23). The summed E-state index contributed by atoms with van der Waals surface area (Å²) >= 11 is 0. The van der Waals surface area contributed by atoms with E-state index in [9.17, 15) is 4.79 Å². The Bertz CT molecular complexity index is 704. The molecule has 1 heterocycles. The molecule has 1 atom stereocenters. The Morgan fingerprint density at radius 1 is 1.28 bits per heavy atom. The van der Waals surface area contributed by atoms with Crippen LogP contribution in [0.25, 0.3) is 0 Å². The summed E-state index contributed by atoms with van der Waals surface area (Å²) in [6, 6.07) is 5.70. The lowest BCUT2D eigenvalue weighted by atomic mass is 10.1. The molecule has 0 aliphatic rings. The average Bonchev–Trinajstić information content (AvgIpc) is 2.62. The predicted octanol–water partition coefficient (Wildman–Crippen LogP) is 3.54. The Balaban J connectivity index is 2.07. The smallest absolute Gasteiger partial charge is 0.356 e. The van der Waals surface area contributed by atoms with E-state index in [4.69, 9.17) is 14.6 Å². The largest absolute Gasteiger partial charge is 0.493 e. The number of hydrogen-bond acceptors (Lipinski definition) is 6. The lowest BCUT2D eigenvalue weighted by molar-refractivity contribution is 0.0690. The van der Waals surface area contributed by atoms with Crippen molar-refractivity contribution in [3.63, 3.8) is 0 Å². The molecule has 0 fully saturated rings. The highest BCUT2D eigenvalue weighted by Gasteiger charge is 2.12. The van der Waals surface area contributed by atoms with Gasteiger partial charge in [0.25, 0.3) is 0 Å². The third kappa shape index (κ3) is 5.07. The molecule has 0 saturated carbocycles. The van der Waals surface area contributed by atoms with Crippen LogP contribution in [0.2, 0.25) is 0 Å². The Morgan fingerprint density at radius 3 is 2.68 bits per heavy atom. The number of aromatic nitrogens is 2. The summed E-state index contributed by atoms with van der Waals surface area (Å²) < 4.78 is 11.1. The van der Waals surface area contributed by atoms with Crippen LogP contribution in [0.15, 0.2) is 30.6 Å². The lowest BCUT2D eigenvalue weighted by Gasteiger charge is -2.17. The fourth-order valence-corrected chi connectivity index (χ4v) is 2.22. The van der Waals surface area contributed by atoms with Crippen molar-refractivity contribution in [3.8, 4) is 11.5 Å². The number of benzene rings is 1. The van der Waals surface area contributed by atoms with Gasteiger partial charge in [-0.05, 0) is 31.0 Å². The number of rotatable bonds is 9. The number of unbranched alkanes of at least 4 members (excludes halogenated alkanes) is 1. The quantitative estimate of drug-likeness (QED) is 0.671. The molecule has 0 saturated heterocycles. The van der Waals surface area contributed by atoms with Crippen LogP contribution in [0.1, 0.15) is 48.8 Å². The van der Waals surface area contributed by atoms with Crippen LogP contribution in [-0.2, 0) is 0 Å². The van der Waals surface area contributed by atoms with E-state index in [1.54, 1.807) is 7.11 Å². The number of anilines is 1. The predicted molar refractivity (Wildman–Crippen MR) is 94.4 cm³/mol. The number of nitrogens with zero attached hydrogens (tertiary/aromatic N) is 2. The molecular formula is C18H23N3O4. The Morgan fingerprint density at radius 2 is 2.08 bits per heavy atom. The summed E-state index contributed by atoms with van der Waals surface area (Å²) in [5.41, 5.74) is 0.900. The first kappa shape index (κ1) is 18.5. The summed E-state index contributed by atoms with van der Waals surface area (Å²) in [5.74, 6) is 0.794. The van der Waals surface area contributed by atoms with Crippen LogP contribution in [0.5, 0.6) is 11.5 Å². The number of aromatic carboxylic acids is 1. The highest BCUT2D eigenvalue weighted by atomic mass is 16.5. The number of methoxy groups -OCH3 is 1. The van der Waals surface area contributed by atoms with E-state index in [-0.39, 0.29) is 11.7 Å². The van der Waals surface area contributed by atoms with E-state index in [0.29, 0.717) is 18.2 Å². The third-order valence-electron chi connectivity index (χ3n) is 3.68. The molecule has 0 aliphatic heterocycles. The second-order valence-corrected chi connectivity index (χ2v) is 5.57. The molecule has 0 spiro atoms. The van der Waals surface area contributed by atoms with E-state index in [0.717, 1.165) is 24.2 Å². The van der Waals surface area contributed by atoms with Crippen LogP contribution in [0.3, 0.4) is 0 Å². The van der Waals surface area contributed by atoms with Gasteiger partial charge in [0, 0.05) is 0 Å². The lowest BCUT2D eigenvalue weighted by Crippen LogP contribution is -2.10. The van der Waals surface area contributed by atoms with Gasteiger partial charge >= 0.3 is 5.97 Å². The molecule has 25 heavy (non-hydrogen) atoms. The van der Waals surface area contributed by atoms with Crippen molar-refractivity contribution in [1.82, 2.24) is 9.97 Å². The average molecular weight is 345 g/mol. The number of ether oxygens (including phenoxy) is 2. The molecule has 0 amide bonds. The van der Waals surface area contributed by atoms with Crippen LogP contribution in [-0.4, -0.2) is 34.8 Å². The molecule has 0 radical (unpaired) electrons. The van der Waals surface area contributed by atoms with Gasteiger partial charge in [0.1, 0.15) is 5.82 Å². The second-order valence-electron chi connectivity index (χ2n) is 5.57. The monoisotopic (exact) mass is 345 g/mol. The van der Waals surface area contributed by atoms with Crippen LogP contribution < -0.4 is 14.8 Å². The van der Waals surface area contributed by atoms with Crippen LogP contribution >= 0.6 is 0 Å². The molecule has 2 aromatic rings. The molecule has 1 aromatic carbocycles. The van der Waals surface area contributed by atoms with Gasteiger partial charge in [-0.2, -0.15) is 0 Å². The highest BCUT2D eigenvalue weighted by Crippen LogP contribution is 2.31. The van der Waals surface area contributed by atoms with E-state index in [2.05, 4.69) is 22.2 Å². The third-order valence-corrected chi connectivity index (χ3v) is 3.68. The normalized spacial score (nSPS) is 11.6. The van der Waals surface area contributed by atoms with E-state index in [1.165, 1.54) is 12.4 Å². The van der Waals surface area contributed by atoms with Gasteiger partial charge < -0.3 is 19.9 Å². The molecule has 0 bridgehead atoms. The second kappa shape index (κ2) is 8.86. The Kier molecular flexibility index (Phi) is 6.56. The zero-order valence-corrected chi connectivity index (χ0v) is 14.7. The number of carbonyl (C=O) groups is 1. The van der Waals surface area contributed by atoms with Crippen molar-refractivity contribution in [3.05, 3.63) is 41.9 Å². The van der Waals surface area contributed by atoms with Gasteiger partial charge in [-0.25, -0.2) is 14.8 Å². The van der Waals surface area contributed by atoms with E-state index >= 15 is 0 Å². The van der Waals surface area contributed by atoms with Crippen molar-refractivity contribution in [1.29, 1.82) is 0 Å². The molecule has 1 aromatic heterocycles. The summed E-state index contributed by atoms with van der Waals surface area (Å²) in [4.78, 5) is 18.7. The SMILES string of the molecule is CCCCOc1ccc(C(C)Nc2cnc(C(=O)O)cn2)cc1OC. The topological polar surface area (TPSA) is 93.6 Å². The molecule has 0 aliphatic carbocycles. The zero-order valence-electron chi connectivity index (χ0n) is 14.7. The van der Waals surface area contributed by atoms with Gasteiger partial charge in [-0.15, -0.1) is 0 Å². The van der Waals surface area contributed by atoms with E-state index in [1.807, 2.05) is 25.1 Å². The maximum Gasteiger partial charge on any atom is 0.356 e. The van der Waals surface area contributed by atoms with Gasteiger partial charge in [0.05, 0.1) is 32.2 Å². The Labute approximate surface area is 147 Å². The summed E-state index contributed by atoms with van der Waals surface area (Å²) in [5, 5.41) is 12.0. The number of nitrogens with one attached hydrogen (secondary N) is 1. The molecular weight excluding hydrogens is 322 g/mol. The molecule has 7 heteroatoms. The first-order valence-corrected chi connectivity index (χ1v) is 8.17. The molecule has 1 unspecified atom stereocenters. The van der Waals surface area contributed by atoms with Gasteiger partial charge in [-0.3, -0.25) is 0 Å². The number of carboxylic acid groups (broad SMARTS) is 1. The first-order chi connectivity index (χ1) is 12.0. The summed E-state index contributed by atoms with van der Waals surface area (Å²) in [7, 11) is 1.61. The maximum absolute atomic E-state index is 10.8. The summed E-state index contributed by atoms with van der Waals surface area (Å²) in [6.45, 7) is 4.74. The van der Waals surface area contributed by atoms with Gasteiger partial charge in [0.15, 0.2) is 17.2 Å². The van der Waals surface area contributed by atoms with Crippen molar-refractivity contribution >= 4 is 11.8 Å². The van der Waals surface area contributed by atoms with Crippen LogP contribution in [0.4, 0.5) is 5.82 Å². The minimum atomic E-state index is -1.10. The number of carboxylic acids is 1. The Hall–Kier alpha value is -2.83. The van der Waals surface area contributed by atoms with Crippen molar-refractivity contribution in [2.24, 2.45) is 0 Å². The fourth-order valence-electron chi connectivity index (χ4n) is 2.22. The molecule has 134 valence electrons. The van der Waals surface area contributed by atoms with Crippen LogP contribution in [0, 0.1) is 0 Å². The number of hydrogen-bond donors (Lipinski definition) is 2. The molecule has 2 rings (SSSR count).